The molecule has 0 N–H and O–H groups in total. The van der Waals surface area contributed by atoms with Crippen molar-refractivity contribution in [2.24, 2.45) is 0 Å². The van der Waals surface area contributed by atoms with Crippen LogP contribution in [0.5, 0.6) is 0 Å². The molecule has 0 aliphatic rings. The molecule has 80 heavy (non-hydrogen) atoms. The van der Waals surface area contributed by atoms with Gasteiger partial charge in [0.05, 0.1) is 0 Å². The summed E-state index contributed by atoms with van der Waals surface area (Å²) in [7, 11) is 0. The van der Waals surface area contributed by atoms with Crippen molar-refractivity contribution < 1.29 is 28.6 Å². The predicted molar refractivity (Wildman–Crippen MR) is 348 cm³/mol. The molecule has 0 aromatic rings. The molecule has 6 nitrogen and oxygen atoms in total. The van der Waals surface area contributed by atoms with Gasteiger partial charge < -0.3 is 14.2 Å². The van der Waals surface area contributed by atoms with Gasteiger partial charge in [0, 0.05) is 19.3 Å². The standard InChI is InChI=1S/C74H124O6/c1-4-7-10-13-16-19-22-25-28-30-32-33-34-35-36-37-38-39-40-41-42-44-46-49-52-55-58-61-64-67-73(76)79-70-71(69-78-72(75)66-63-60-57-54-51-48-45-27-24-21-18-15-12-9-6-3)80-74(77)68-65-62-59-56-53-50-47-43-31-29-26-23-20-17-14-11-8-5-2/h7,10,16,19,25,28-29,31-33,35-36,38-39,41-42,46,49,55,58,71H,4-6,8-9,11-15,17-18,20-24,26-27,30,34,37,40,43-45,47-48,50-54,56-57,59-70H2,1-3H3/b10-7-,19-16-,28-25-,31-29-,33-32-,36-35-,39-38-,42-41-,49-46-,58-55-. The second kappa shape index (κ2) is 67.3. The van der Waals surface area contributed by atoms with Crippen LogP contribution in [-0.2, 0) is 28.6 Å². The van der Waals surface area contributed by atoms with Crippen LogP contribution >= 0.6 is 0 Å². The van der Waals surface area contributed by atoms with Crippen molar-refractivity contribution >= 4 is 17.9 Å². The zero-order chi connectivity index (χ0) is 57.8. The topological polar surface area (TPSA) is 78.9 Å². The number of carbonyl (C=O) groups excluding carboxylic acids is 3. The van der Waals surface area contributed by atoms with Gasteiger partial charge in [-0.25, -0.2) is 0 Å². The Balaban J connectivity index is 4.45. The van der Waals surface area contributed by atoms with Gasteiger partial charge in [0.1, 0.15) is 13.2 Å². The molecule has 0 heterocycles. The molecule has 0 fully saturated rings. The maximum Gasteiger partial charge on any atom is 0.306 e. The molecule has 0 aromatic carbocycles. The minimum atomic E-state index is -0.806. The first-order valence-electron chi connectivity index (χ1n) is 33.5. The number of esters is 3. The highest BCUT2D eigenvalue weighted by Gasteiger charge is 2.19. The minimum Gasteiger partial charge on any atom is -0.462 e. The molecule has 0 saturated carbocycles. The van der Waals surface area contributed by atoms with Crippen LogP contribution in [0, 0.1) is 0 Å². The fraction of sp³-hybridized carbons (Fsp3) is 0.689. The SMILES string of the molecule is CC/C=C\C/C=C\C/C=C\C/C=C\C/C=C\C/C=C\C/C=C\C/C=C\C/C=C\CCCC(=O)OCC(COC(=O)CCCCCCCCCCCCCCCCC)OC(=O)CCCCCCCCC/C=C\CCCCCCCCC. The molecule has 0 bridgehead atoms. The van der Waals surface area contributed by atoms with Gasteiger partial charge in [0.15, 0.2) is 6.10 Å². The van der Waals surface area contributed by atoms with Gasteiger partial charge in [-0.2, -0.15) is 0 Å². The largest absolute Gasteiger partial charge is 0.462 e. The lowest BCUT2D eigenvalue weighted by molar-refractivity contribution is -0.167. The molecule has 1 atom stereocenters. The van der Waals surface area contributed by atoms with Crippen LogP contribution in [0.15, 0.2) is 122 Å². The Morgan fingerprint density at radius 2 is 0.500 bits per heavy atom. The molecule has 0 radical (unpaired) electrons. The van der Waals surface area contributed by atoms with E-state index in [1.165, 1.54) is 161 Å². The van der Waals surface area contributed by atoms with E-state index in [0.29, 0.717) is 19.3 Å². The van der Waals surface area contributed by atoms with Gasteiger partial charge in [0.2, 0.25) is 0 Å². The molecular weight excluding hydrogens is 985 g/mol. The summed E-state index contributed by atoms with van der Waals surface area (Å²) >= 11 is 0. The predicted octanol–water partition coefficient (Wildman–Crippen LogP) is 23.2. The Kier molecular flexibility index (Phi) is 63.8. The first kappa shape index (κ1) is 75.8. The highest BCUT2D eigenvalue weighted by molar-refractivity contribution is 5.71. The molecule has 0 aromatic heterocycles. The van der Waals surface area contributed by atoms with Gasteiger partial charge in [-0.3, -0.25) is 14.4 Å². The Bertz CT molecular complexity index is 1650. The Labute approximate surface area is 494 Å². The van der Waals surface area contributed by atoms with Crippen LogP contribution < -0.4 is 0 Å². The first-order valence-corrected chi connectivity index (χ1v) is 33.5. The highest BCUT2D eigenvalue weighted by atomic mass is 16.6. The van der Waals surface area contributed by atoms with E-state index in [1.807, 2.05) is 0 Å². The van der Waals surface area contributed by atoms with E-state index in [1.54, 1.807) is 0 Å². The molecule has 0 rings (SSSR count). The van der Waals surface area contributed by atoms with Crippen LogP contribution in [0.1, 0.15) is 310 Å². The van der Waals surface area contributed by atoms with Crippen molar-refractivity contribution in [3.05, 3.63) is 122 Å². The maximum absolute atomic E-state index is 12.9. The van der Waals surface area contributed by atoms with Crippen molar-refractivity contribution in [2.45, 2.75) is 316 Å². The van der Waals surface area contributed by atoms with E-state index in [-0.39, 0.29) is 37.5 Å². The maximum atomic E-state index is 12.9. The minimum absolute atomic E-state index is 0.0968. The summed E-state index contributed by atoms with van der Waals surface area (Å²) in [5.41, 5.74) is 0. The van der Waals surface area contributed by atoms with Crippen molar-refractivity contribution in [1.29, 1.82) is 0 Å². The van der Waals surface area contributed by atoms with Gasteiger partial charge >= 0.3 is 17.9 Å². The quantitative estimate of drug-likeness (QED) is 0.0261. The summed E-state index contributed by atoms with van der Waals surface area (Å²) in [5, 5.41) is 0. The van der Waals surface area contributed by atoms with Crippen LogP contribution in [0.25, 0.3) is 0 Å². The van der Waals surface area contributed by atoms with Gasteiger partial charge in [-0.05, 0) is 109 Å². The summed E-state index contributed by atoms with van der Waals surface area (Å²) < 4.78 is 16.9. The number of hydrogen-bond acceptors (Lipinski definition) is 6. The molecule has 1 unspecified atom stereocenters. The third-order valence-electron chi connectivity index (χ3n) is 14.2. The number of hydrogen-bond donors (Lipinski definition) is 0. The number of ether oxygens (including phenoxy) is 3. The lowest BCUT2D eigenvalue weighted by Gasteiger charge is -2.18. The summed E-state index contributed by atoms with van der Waals surface area (Å²) in [6.07, 6.45) is 93.5. The normalized spacial score (nSPS) is 12.9. The molecule has 0 amide bonds. The summed E-state index contributed by atoms with van der Waals surface area (Å²) in [4.78, 5) is 38.3. The van der Waals surface area contributed by atoms with E-state index in [9.17, 15) is 14.4 Å². The van der Waals surface area contributed by atoms with Crippen LogP contribution in [0.3, 0.4) is 0 Å². The van der Waals surface area contributed by atoms with E-state index < -0.39 is 6.10 Å². The smallest absolute Gasteiger partial charge is 0.306 e. The number of carbonyl (C=O) groups is 3. The molecule has 6 heteroatoms. The molecule has 0 saturated heterocycles. The fourth-order valence-electron chi connectivity index (χ4n) is 9.21. The van der Waals surface area contributed by atoms with Gasteiger partial charge in [-0.15, -0.1) is 0 Å². The first-order chi connectivity index (χ1) is 39.5. The highest BCUT2D eigenvalue weighted by Crippen LogP contribution is 2.16. The Morgan fingerprint density at radius 1 is 0.263 bits per heavy atom. The Hall–Kier alpha value is -4.19. The summed E-state index contributed by atoms with van der Waals surface area (Å²) in [6, 6.07) is 0. The average molecular weight is 1110 g/mol. The van der Waals surface area contributed by atoms with Crippen LogP contribution in [0.2, 0.25) is 0 Å². The Morgan fingerprint density at radius 3 is 0.825 bits per heavy atom. The molecule has 0 aliphatic carbocycles. The fourth-order valence-corrected chi connectivity index (χ4v) is 9.21. The number of allylic oxidation sites excluding steroid dienone is 20. The van der Waals surface area contributed by atoms with Crippen molar-refractivity contribution in [1.82, 2.24) is 0 Å². The lowest BCUT2D eigenvalue weighted by Crippen LogP contribution is -2.30. The van der Waals surface area contributed by atoms with Crippen molar-refractivity contribution in [3.63, 3.8) is 0 Å². The van der Waals surface area contributed by atoms with Crippen molar-refractivity contribution in [2.75, 3.05) is 13.2 Å². The van der Waals surface area contributed by atoms with Crippen LogP contribution in [0.4, 0.5) is 0 Å². The van der Waals surface area contributed by atoms with E-state index in [4.69, 9.17) is 14.2 Å². The molecule has 0 spiro atoms. The third-order valence-corrected chi connectivity index (χ3v) is 14.2. The van der Waals surface area contributed by atoms with E-state index in [0.717, 1.165) is 103 Å². The van der Waals surface area contributed by atoms with E-state index in [2.05, 4.69) is 142 Å². The second-order valence-corrected chi connectivity index (χ2v) is 22.0. The number of rotatable bonds is 60. The third kappa shape index (κ3) is 64.6. The second-order valence-electron chi connectivity index (χ2n) is 22.0. The average Bonchev–Trinajstić information content (AvgIpc) is 3.46. The zero-order valence-corrected chi connectivity index (χ0v) is 52.3. The van der Waals surface area contributed by atoms with Gasteiger partial charge in [0.25, 0.3) is 0 Å². The molecule has 0 aliphatic heterocycles. The molecular formula is C74H124O6. The number of unbranched alkanes of at least 4 members (excludes halogenated alkanes) is 29. The lowest BCUT2D eigenvalue weighted by atomic mass is 10.0. The zero-order valence-electron chi connectivity index (χ0n) is 52.3. The van der Waals surface area contributed by atoms with Crippen LogP contribution in [-0.4, -0.2) is 37.2 Å². The summed E-state index contributed by atoms with van der Waals surface area (Å²) in [5.74, 6) is -0.954. The monoisotopic (exact) mass is 1110 g/mol. The molecule has 456 valence electrons. The van der Waals surface area contributed by atoms with Gasteiger partial charge in [-0.1, -0.05) is 303 Å². The van der Waals surface area contributed by atoms with Crippen molar-refractivity contribution in [3.8, 4) is 0 Å². The summed E-state index contributed by atoms with van der Waals surface area (Å²) in [6.45, 7) is 6.50. The van der Waals surface area contributed by atoms with E-state index >= 15 is 0 Å².